The number of halogens is 1. The summed E-state index contributed by atoms with van der Waals surface area (Å²) >= 11 is 6.28. The molecule has 4 aromatic rings. The summed E-state index contributed by atoms with van der Waals surface area (Å²) in [6.07, 6.45) is 3.95. The molecule has 0 spiro atoms. The van der Waals surface area contributed by atoms with E-state index in [4.69, 9.17) is 22.3 Å². The van der Waals surface area contributed by atoms with Crippen molar-refractivity contribution >= 4 is 40.5 Å². The third-order valence-corrected chi connectivity index (χ3v) is 4.64. The summed E-state index contributed by atoms with van der Waals surface area (Å²) in [6.45, 7) is 0.756. The molecule has 0 aliphatic rings. The van der Waals surface area contributed by atoms with Crippen LogP contribution in [-0.2, 0) is 6.54 Å². The minimum Gasteiger partial charge on any atom is -0.399 e. The predicted molar refractivity (Wildman–Crippen MR) is 110 cm³/mol. The van der Waals surface area contributed by atoms with Crippen LogP contribution in [0.1, 0.15) is 17.0 Å². The fraction of sp³-hybridized carbons (Fsp3) is 0.0455. The van der Waals surface area contributed by atoms with Gasteiger partial charge in [-0.05, 0) is 53.6 Å². The molecule has 0 fully saturated rings. The number of imidazole rings is 1. The van der Waals surface area contributed by atoms with Gasteiger partial charge in [-0.15, -0.1) is 0 Å². The molecule has 26 heavy (non-hydrogen) atoms. The summed E-state index contributed by atoms with van der Waals surface area (Å²) in [7, 11) is 0. The maximum atomic E-state index is 6.28. The largest absolute Gasteiger partial charge is 0.399 e. The number of fused-ring (bicyclic) bond motifs is 1. The fourth-order valence-corrected chi connectivity index (χ4v) is 3.19. The van der Waals surface area contributed by atoms with Gasteiger partial charge in [0, 0.05) is 17.3 Å². The van der Waals surface area contributed by atoms with Crippen LogP contribution in [0.5, 0.6) is 0 Å². The van der Waals surface area contributed by atoms with E-state index in [0.717, 1.165) is 29.0 Å². The van der Waals surface area contributed by atoms with Crippen molar-refractivity contribution in [2.75, 3.05) is 5.73 Å². The maximum absolute atomic E-state index is 6.28. The van der Waals surface area contributed by atoms with Crippen LogP contribution in [0.2, 0.25) is 5.02 Å². The molecule has 4 rings (SSSR count). The Labute approximate surface area is 157 Å². The summed E-state index contributed by atoms with van der Waals surface area (Å²) in [4.78, 5) is 4.78. The molecule has 128 valence electrons. The molecule has 1 heterocycles. The number of rotatable bonds is 4. The molecule has 3 nitrogen and oxygen atoms in total. The summed E-state index contributed by atoms with van der Waals surface area (Å²) in [5, 5.41) is 0.668. The molecular weight excluding hydrogens is 342 g/mol. The highest BCUT2D eigenvalue weighted by molar-refractivity contribution is 6.32. The van der Waals surface area contributed by atoms with Crippen molar-refractivity contribution in [3.05, 3.63) is 94.8 Å². The third kappa shape index (κ3) is 3.35. The van der Waals surface area contributed by atoms with Crippen molar-refractivity contribution in [3.8, 4) is 0 Å². The SMILES string of the molecule is Nc1ccc(Cl)c(/C=C/c2nc3ccccc3n2Cc2ccccc2)c1. The first kappa shape index (κ1) is 16.4. The van der Waals surface area contributed by atoms with Crippen LogP contribution in [0.3, 0.4) is 0 Å². The Morgan fingerprint density at radius 2 is 1.69 bits per heavy atom. The Balaban J connectivity index is 1.78. The first-order valence-electron chi connectivity index (χ1n) is 8.43. The molecule has 0 bridgehead atoms. The lowest BCUT2D eigenvalue weighted by Crippen LogP contribution is -2.01. The van der Waals surface area contributed by atoms with E-state index in [1.54, 1.807) is 6.07 Å². The quantitative estimate of drug-likeness (QED) is 0.489. The van der Waals surface area contributed by atoms with E-state index < -0.39 is 0 Å². The highest BCUT2D eigenvalue weighted by Crippen LogP contribution is 2.23. The van der Waals surface area contributed by atoms with Crippen LogP contribution in [0, 0.1) is 0 Å². The van der Waals surface area contributed by atoms with Gasteiger partial charge in [-0.1, -0.05) is 54.1 Å². The van der Waals surface area contributed by atoms with Crippen molar-refractivity contribution in [1.82, 2.24) is 9.55 Å². The number of hydrogen-bond acceptors (Lipinski definition) is 2. The molecule has 0 saturated heterocycles. The number of nitrogens with two attached hydrogens (primary N) is 1. The van der Waals surface area contributed by atoms with Crippen LogP contribution >= 0.6 is 11.6 Å². The number of nitrogen functional groups attached to an aromatic ring is 1. The topological polar surface area (TPSA) is 43.8 Å². The molecule has 0 aliphatic carbocycles. The lowest BCUT2D eigenvalue weighted by Gasteiger charge is -2.07. The highest BCUT2D eigenvalue weighted by Gasteiger charge is 2.09. The van der Waals surface area contributed by atoms with E-state index in [1.807, 2.05) is 48.6 Å². The second kappa shape index (κ2) is 7.06. The van der Waals surface area contributed by atoms with Gasteiger partial charge in [-0.2, -0.15) is 0 Å². The van der Waals surface area contributed by atoms with E-state index >= 15 is 0 Å². The van der Waals surface area contributed by atoms with Crippen molar-refractivity contribution < 1.29 is 0 Å². The second-order valence-corrected chi connectivity index (χ2v) is 6.55. The number of nitrogens with zero attached hydrogens (tertiary/aromatic N) is 2. The molecule has 4 heteroatoms. The molecule has 0 amide bonds. The minimum absolute atomic E-state index is 0.668. The zero-order valence-electron chi connectivity index (χ0n) is 14.1. The number of hydrogen-bond donors (Lipinski definition) is 1. The zero-order valence-corrected chi connectivity index (χ0v) is 14.9. The van der Waals surface area contributed by atoms with Crippen molar-refractivity contribution in [2.24, 2.45) is 0 Å². The van der Waals surface area contributed by atoms with Gasteiger partial charge in [0.05, 0.1) is 11.0 Å². The molecule has 0 atom stereocenters. The van der Waals surface area contributed by atoms with Gasteiger partial charge >= 0.3 is 0 Å². The Bertz CT molecular complexity index is 1080. The normalized spacial score (nSPS) is 11.4. The Morgan fingerprint density at radius 1 is 0.923 bits per heavy atom. The third-order valence-electron chi connectivity index (χ3n) is 4.30. The molecule has 2 N–H and O–H groups in total. The van der Waals surface area contributed by atoms with Crippen LogP contribution in [0.25, 0.3) is 23.2 Å². The summed E-state index contributed by atoms with van der Waals surface area (Å²) in [5.74, 6) is 0.883. The van der Waals surface area contributed by atoms with Gasteiger partial charge in [-0.25, -0.2) is 4.98 Å². The molecular formula is C22H18ClN3. The molecule has 0 saturated carbocycles. The highest BCUT2D eigenvalue weighted by atomic mass is 35.5. The monoisotopic (exact) mass is 359 g/mol. The molecule has 0 radical (unpaired) electrons. The second-order valence-electron chi connectivity index (χ2n) is 6.14. The molecule has 1 aromatic heterocycles. The fourth-order valence-electron chi connectivity index (χ4n) is 3.01. The summed E-state index contributed by atoms with van der Waals surface area (Å²) in [6, 6.07) is 24.0. The first-order valence-corrected chi connectivity index (χ1v) is 8.81. The van der Waals surface area contributed by atoms with Crippen LogP contribution in [-0.4, -0.2) is 9.55 Å². The van der Waals surface area contributed by atoms with Gasteiger partial charge in [0.2, 0.25) is 0 Å². The molecule has 3 aromatic carbocycles. The van der Waals surface area contributed by atoms with Crippen LogP contribution in [0.4, 0.5) is 5.69 Å². The number of anilines is 1. The lowest BCUT2D eigenvalue weighted by atomic mass is 10.2. The number of benzene rings is 3. The van der Waals surface area contributed by atoms with Gasteiger partial charge < -0.3 is 10.3 Å². The summed E-state index contributed by atoms with van der Waals surface area (Å²) < 4.78 is 2.21. The average Bonchev–Trinajstić information content (AvgIpc) is 3.01. The smallest absolute Gasteiger partial charge is 0.134 e. The van der Waals surface area contributed by atoms with Crippen molar-refractivity contribution in [3.63, 3.8) is 0 Å². The van der Waals surface area contributed by atoms with E-state index in [0.29, 0.717) is 10.7 Å². The van der Waals surface area contributed by atoms with Crippen LogP contribution in [0.15, 0.2) is 72.8 Å². The number of aromatic nitrogens is 2. The van der Waals surface area contributed by atoms with Crippen LogP contribution < -0.4 is 5.73 Å². The van der Waals surface area contributed by atoms with Gasteiger partial charge in [0.25, 0.3) is 0 Å². The van der Waals surface area contributed by atoms with Gasteiger partial charge in [0.15, 0.2) is 0 Å². The first-order chi connectivity index (χ1) is 12.7. The molecule has 0 unspecified atom stereocenters. The van der Waals surface area contributed by atoms with E-state index in [2.05, 4.69) is 34.9 Å². The Morgan fingerprint density at radius 3 is 2.54 bits per heavy atom. The molecule has 0 aliphatic heterocycles. The van der Waals surface area contributed by atoms with Crippen molar-refractivity contribution in [2.45, 2.75) is 6.54 Å². The number of para-hydroxylation sites is 2. The van der Waals surface area contributed by atoms with Crippen molar-refractivity contribution in [1.29, 1.82) is 0 Å². The Hall–Kier alpha value is -3.04. The zero-order chi connectivity index (χ0) is 17.9. The predicted octanol–water partition coefficient (Wildman–Crippen LogP) is 5.49. The summed E-state index contributed by atoms with van der Waals surface area (Å²) in [5.41, 5.74) is 10.8. The maximum Gasteiger partial charge on any atom is 0.134 e. The minimum atomic E-state index is 0.668. The van der Waals surface area contributed by atoms with E-state index in [1.165, 1.54) is 5.56 Å². The average molecular weight is 360 g/mol. The lowest BCUT2D eigenvalue weighted by molar-refractivity contribution is 0.814. The Kier molecular flexibility index (Phi) is 4.46. The van der Waals surface area contributed by atoms with Gasteiger partial charge in [-0.3, -0.25) is 0 Å². The standard InChI is InChI=1S/C22H18ClN3/c23-19-12-11-18(24)14-17(19)10-13-22-25-20-8-4-5-9-21(20)26(22)15-16-6-2-1-3-7-16/h1-14H,15,24H2/b13-10+. The van der Waals surface area contributed by atoms with E-state index in [9.17, 15) is 0 Å². The van der Waals surface area contributed by atoms with E-state index in [-0.39, 0.29) is 0 Å². The van der Waals surface area contributed by atoms with Gasteiger partial charge in [0.1, 0.15) is 5.82 Å².